The Labute approximate surface area is 104 Å². The number of fused-ring (bicyclic) bond motifs is 1. The molecule has 0 fully saturated rings. The van der Waals surface area contributed by atoms with Crippen molar-refractivity contribution in [3.05, 3.63) is 41.6 Å². The number of nitrogens with one attached hydrogen (secondary N) is 2. The summed E-state index contributed by atoms with van der Waals surface area (Å²) in [6.07, 6.45) is 2.21. The zero-order valence-corrected chi connectivity index (χ0v) is 9.93. The summed E-state index contributed by atoms with van der Waals surface area (Å²) in [7, 11) is 1.64. The van der Waals surface area contributed by atoms with E-state index in [-0.39, 0.29) is 11.8 Å². The smallest absolute Gasteiger partial charge is 0.226 e. The second-order valence-electron chi connectivity index (χ2n) is 4.28. The summed E-state index contributed by atoms with van der Waals surface area (Å²) in [5, 5.41) is 9.57. The molecule has 5 nitrogen and oxygen atoms in total. The van der Waals surface area contributed by atoms with Crippen LogP contribution in [0.4, 0.5) is 5.82 Å². The van der Waals surface area contributed by atoms with Gasteiger partial charge in [0, 0.05) is 17.9 Å². The molecule has 1 aliphatic heterocycles. The van der Waals surface area contributed by atoms with Crippen molar-refractivity contribution in [3.8, 4) is 5.75 Å². The number of carbonyl (C=O) groups is 1. The third kappa shape index (κ3) is 1.73. The summed E-state index contributed by atoms with van der Waals surface area (Å²) in [4.78, 5) is 11.6. The second kappa shape index (κ2) is 4.18. The van der Waals surface area contributed by atoms with Gasteiger partial charge in [0.2, 0.25) is 5.91 Å². The van der Waals surface area contributed by atoms with Crippen LogP contribution in [0.1, 0.15) is 23.5 Å². The van der Waals surface area contributed by atoms with Crippen LogP contribution in [0, 0.1) is 0 Å². The Kier molecular flexibility index (Phi) is 2.51. The summed E-state index contributed by atoms with van der Waals surface area (Å²) in [6, 6.07) is 7.78. The maximum atomic E-state index is 11.6. The van der Waals surface area contributed by atoms with Crippen molar-refractivity contribution in [1.82, 2.24) is 10.2 Å². The lowest BCUT2D eigenvalue weighted by molar-refractivity contribution is -0.116. The maximum Gasteiger partial charge on any atom is 0.226 e. The molecule has 1 aromatic carbocycles. The first-order valence-electron chi connectivity index (χ1n) is 5.75. The number of hydrogen-bond acceptors (Lipinski definition) is 3. The fourth-order valence-corrected chi connectivity index (χ4v) is 2.28. The lowest BCUT2D eigenvalue weighted by Crippen LogP contribution is -2.22. The molecule has 0 saturated heterocycles. The van der Waals surface area contributed by atoms with Gasteiger partial charge in [-0.05, 0) is 17.7 Å². The van der Waals surface area contributed by atoms with Crippen LogP contribution in [0.3, 0.4) is 0 Å². The first kappa shape index (κ1) is 10.8. The highest BCUT2D eigenvalue weighted by molar-refractivity contribution is 5.94. The highest BCUT2D eigenvalue weighted by atomic mass is 16.5. The molecule has 92 valence electrons. The van der Waals surface area contributed by atoms with Gasteiger partial charge in [-0.2, -0.15) is 5.10 Å². The molecule has 1 unspecified atom stereocenters. The summed E-state index contributed by atoms with van der Waals surface area (Å²) >= 11 is 0. The van der Waals surface area contributed by atoms with E-state index in [0.717, 1.165) is 16.9 Å². The predicted octanol–water partition coefficient (Wildman–Crippen LogP) is 1.89. The lowest BCUT2D eigenvalue weighted by Gasteiger charge is -2.22. The van der Waals surface area contributed by atoms with Gasteiger partial charge in [-0.1, -0.05) is 12.1 Å². The number of ether oxygens (including phenoxy) is 1. The molecule has 18 heavy (non-hydrogen) atoms. The van der Waals surface area contributed by atoms with E-state index in [1.54, 1.807) is 13.3 Å². The number of carbonyl (C=O) groups excluding carboxylic acids is 1. The van der Waals surface area contributed by atoms with Crippen LogP contribution in [-0.4, -0.2) is 23.2 Å². The van der Waals surface area contributed by atoms with Crippen LogP contribution >= 0.6 is 0 Å². The van der Waals surface area contributed by atoms with E-state index in [1.165, 1.54) is 0 Å². The van der Waals surface area contributed by atoms with Gasteiger partial charge in [-0.3, -0.25) is 9.89 Å². The van der Waals surface area contributed by atoms with Gasteiger partial charge >= 0.3 is 0 Å². The number of aromatic nitrogens is 2. The summed E-state index contributed by atoms with van der Waals surface area (Å²) in [6.45, 7) is 0. The molecule has 0 bridgehead atoms. The van der Waals surface area contributed by atoms with E-state index in [1.807, 2.05) is 24.3 Å². The number of amides is 1. The van der Waals surface area contributed by atoms with Gasteiger partial charge in [0.1, 0.15) is 11.6 Å². The van der Waals surface area contributed by atoms with Crippen molar-refractivity contribution in [3.63, 3.8) is 0 Å². The number of H-pyrrole nitrogens is 1. The third-order valence-corrected chi connectivity index (χ3v) is 3.22. The van der Waals surface area contributed by atoms with Crippen LogP contribution in [0.5, 0.6) is 5.75 Å². The van der Waals surface area contributed by atoms with E-state index in [9.17, 15) is 4.79 Å². The maximum absolute atomic E-state index is 11.6. The minimum atomic E-state index is 0.00701. The first-order valence-corrected chi connectivity index (χ1v) is 5.75. The van der Waals surface area contributed by atoms with E-state index in [4.69, 9.17) is 4.74 Å². The van der Waals surface area contributed by atoms with Crippen molar-refractivity contribution < 1.29 is 9.53 Å². The fourth-order valence-electron chi connectivity index (χ4n) is 2.28. The van der Waals surface area contributed by atoms with Gasteiger partial charge in [0.05, 0.1) is 13.3 Å². The average Bonchev–Trinajstić information content (AvgIpc) is 2.86. The Bertz CT molecular complexity index is 574. The van der Waals surface area contributed by atoms with Crippen LogP contribution in [0.25, 0.3) is 0 Å². The standard InChI is InChI=1S/C13H13N3O2/c1-18-9-4-2-8(3-5-9)10-6-12(17)15-13-11(10)7-14-16-13/h2-5,7,10H,6H2,1H3,(H2,14,15,16,17). The van der Waals surface area contributed by atoms with E-state index in [2.05, 4.69) is 15.5 Å². The Morgan fingerprint density at radius 3 is 2.83 bits per heavy atom. The number of benzene rings is 1. The minimum Gasteiger partial charge on any atom is -0.497 e. The van der Waals surface area contributed by atoms with Crippen LogP contribution in [-0.2, 0) is 4.79 Å². The average molecular weight is 243 g/mol. The summed E-state index contributed by atoms with van der Waals surface area (Å²) in [5.74, 6) is 1.57. The Hall–Kier alpha value is -2.30. The molecular weight excluding hydrogens is 230 g/mol. The monoisotopic (exact) mass is 243 g/mol. The third-order valence-electron chi connectivity index (χ3n) is 3.22. The van der Waals surface area contributed by atoms with Crippen LogP contribution in [0.15, 0.2) is 30.5 Å². The van der Waals surface area contributed by atoms with Gasteiger partial charge in [-0.15, -0.1) is 0 Å². The molecule has 2 N–H and O–H groups in total. The zero-order chi connectivity index (χ0) is 12.5. The van der Waals surface area contributed by atoms with Gasteiger partial charge in [-0.25, -0.2) is 0 Å². The summed E-state index contributed by atoms with van der Waals surface area (Å²) in [5.41, 5.74) is 2.12. The molecule has 1 atom stereocenters. The molecule has 1 amide bonds. The quantitative estimate of drug-likeness (QED) is 0.846. The molecular formula is C13H13N3O2. The zero-order valence-electron chi connectivity index (χ0n) is 9.93. The van der Waals surface area contributed by atoms with Crippen molar-refractivity contribution in [2.24, 2.45) is 0 Å². The number of aromatic amines is 1. The number of nitrogens with zero attached hydrogens (tertiary/aromatic N) is 1. The Balaban J connectivity index is 1.99. The molecule has 0 saturated carbocycles. The Morgan fingerprint density at radius 1 is 1.33 bits per heavy atom. The van der Waals surface area contributed by atoms with Gasteiger partial charge in [0.25, 0.3) is 0 Å². The fraction of sp³-hybridized carbons (Fsp3) is 0.231. The normalized spacial score (nSPS) is 18.1. The predicted molar refractivity (Wildman–Crippen MR) is 66.7 cm³/mol. The molecule has 0 radical (unpaired) electrons. The molecule has 0 aliphatic carbocycles. The Morgan fingerprint density at radius 2 is 2.11 bits per heavy atom. The van der Waals surface area contributed by atoms with Crippen molar-refractivity contribution in [1.29, 1.82) is 0 Å². The van der Waals surface area contributed by atoms with E-state index < -0.39 is 0 Å². The number of anilines is 1. The highest BCUT2D eigenvalue weighted by Gasteiger charge is 2.27. The van der Waals surface area contributed by atoms with Gasteiger partial charge in [0.15, 0.2) is 0 Å². The lowest BCUT2D eigenvalue weighted by atomic mass is 9.87. The van der Waals surface area contributed by atoms with Crippen molar-refractivity contribution in [2.75, 3.05) is 12.4 Å². The topological polar surface area (TPSA) is 67.0 Å². The molecule has 0 spiro atoms. The van der Waals surface area contributed by atoms with Crippen LogP contribution in [0.2, 0.25) is 0 Å². The largest absolute Gasteiger partial charge is 0.497 e. The molecule has 2 heterocycles. The van der Waals surface area contributed by atoms with Crippen molar-refractivity contribution in [2.45, 2.75) is 12.3 Å². The minimum absolute atomic E-state index is 0.00701. The van der Waals surface area contributed by atoms with Gasteiger partial charge < -0.3 is 10.1 Å². The molecule has 2 aromatic rings. The van der Waals surface area contributed by atoms with Crippen molar-refractivity contribution >= 4 is 11.7 Å². The number of methoxy groups -OCH3 is 1. The molecule has 5 heteroatoms. The van der Waals surface area contributed by atoms with E-state index in [0.29, 0.717) is 12.2 Å². The number of hydrogen-bond donors (Lipinski definition) is 2. The van der Waals surface area contributed by atoms with Crippen LogP contribution < -0.4 is 10.1 Å². The second-order valence-corrected chi connectivity index (χ2v) is 4.28. The number of rotatable bonds is 2. The van der Waals surface area contributed by atoms with E-state index >= 15 is 0 Å². The molecule has 1 aromatic heterocycles. The molecule has 3 rings (SSSR count). The first-order chi connectivity index (χ1) is 8.78. The SMILES string of the molecule is COc1ccc(C2CC(=O)Nc3[nH]ncc32)cc1. The highest BCUT2D eigenvalue weighted by Crippen LogP contribution is 2.36. The molecule has 1 aliphatic rings. The summed E-state index contributed by atoms with van der Waals surface area (Å²) < 4.78 is 5.13.